The van der Waals surface area contributed by atoms with Crippen LogP contribution in [0.25, 0.3) is 0 Å². The second kappa shape index (κ2) is 6.60. The number of amides is 2. The molecule has 1 N–H and O–H groups in total. The Bertz CT molecular complexity index is 494. The van der Waals surface area contributed by atoms with Gasteiger partial charge in [0.1, 0.15) is 11.6 Å². The summed E-state index contributed by atoms with van der Waals surface area (Å²) in [7, 11) is 0. The molecular weight excluding hydrogens is 284 g/mol. The fraction of sp³-hybridized carbons (Fsp3) is 0.625. The first-order valence-electron chi connectivity index (χ1n) is 7.73. The first-order chi connectivity index (χ1) is 10.1. The van der Waals surface area contributed by atoms with Gasteiger partial charge in [0.25, 0.3) is 0 Å². The number of nitrogens with zero attached hydrogens (tertiary/aromatic N) is 1. The Morgan fingerprint density at radius 3 is 2.52 bits per heavy atom. The van der Waals surface area contributed by atoms with Crippen molar-refractivity contribution in [2.45, 2.75) is 64.6 Å². The molecule has 116 valence electrons. The summed E-state index contributed by atoms with van der Waals surface area (Å²) < 4.78 is 0. The third-order valence-electron chi connectivity index (χ3n) is 4.45. The predicted molar refractivity (Wildman–Crippen MR) is 85.0 cm³/mol. The van der Waals surface area contributed by atoms with E-state index in [0.717, 1.165) is 11.3 Å². The van der Waals surface area contributed by atoms with Crippen molar-refractivity contribution in [2.75, 3.05) is 0 Å². The summed E-state index contributed by atoms with van der Waals surface area (Å²) in [6.45, 7) is 6.53. The second-order valence-corrected chi connectivity index (χ2v) is 6.59. The predicted octanol–water partition coefficient (Wildman–Crippen LogP) is 2.93. The molecule has 0 aromatic carbocycles. The molecule has 1 atom stereocenters. The van der Waals surface area contributed by atoms with Gasteiger partial charge in [0.05, 0.1) is 6.54 Å². The van der Waals surface area contributed by atoms with Gasteiger partial charge in [-0.1, -0.05) is 33.3 Å². The lowest BCUT2D eigenvalue weighted by Crippen LogP contribution is -2.69. The number of piperazine rings is 1. The molecule has 21 heavy (non-hydrogen) atoms. The Kier molecular flexibility index (Phi) is 5.04. The standard InChI is InChI=1S/C16H24N2O2S/c1-4-8-13-14(19)18(11-12-9-7-10-21-12)16(5-2,6-3)15(20)17-13/h7,9-10,13H,4-6,8,11H2,1-3H3,(H,17,20). The van der Waals surface area contributed by atoms with Gasteiger partial charge in [0.15, 0.2) is 0 Å². The summed E-state index contributed by atoms with van der Waals surface area (Å²) in [5.74, 6) is 0.0654. The molecule has 5 heteroatoms. The summed E-state index contributed by atoms with van der Waals surface area (Å²) in [4.78, 5) is 28.4. The fourth-order valence-electron chi connectivity index (χ4n) is 3.10. The third kappa shape index (κ3) is 2.84. The first kappa shape index (κ1) is 16.0. The van der Waals surface area contributed by atoms with E-state index in [1.54, 1.807) is 11.3 Å². The molecule has 1 aliphatic rings. The summed E-state index contributed by atoms with van der Waals surface area (Å²) in [5.41, 5.74) is -0.703. The minimum atomic E-state index is -0.703. The molecule has 0 aliphatic carbocycles. The topological polar surface area (TPSA) is 49.4 Å². The maximum absolute atomic E-state index is 12.8. The molecule has 2 amide bonds. The number of nitrogens with one attached hydrogen (secondary N) is 1. The summed E-state index contributed by atoms with van der Waals surface area (Å²) in [6, 6.07) is 3.64. The molecule has 0 radical (unpaired) electrons. The van der Waals surface area contributed by atoms with Crippen LogP contribution in [0.3, 0.4) is 0 Å². The van der Waals surface area contributed by atoms with Crippen molar-refractivity contribution in [3.8, 4) is 0 Å². The second-order valence-electron chi connectivity index (χ2n) is 5.56. The number of carbonyl (C=O) groups is 2. The van der Waals surface area contributed by atoms with Crippen molar-refractivity contribution in [1.29, 1.82) is 0 Å². The van der Waals surface area contributed by atoms with E-state index < -0.39 is 5.54 Å². The highest BCUT2D eigenvalue weighted by molar-refractivity contribution is 7.09. The van der Waals surface area contributed by atoms with Crippen LogP contribution in [-0.4, -0.2) is 28.3 Å². The van der Waals surface area contributed by atoms with Gasteiger partial charge in [-0.3, -0.25) is 9.59 Å². The van der Waals surface area contributed by atoms with Crippen LogP contribution >= 0.6 is 11.3 Å². The van der Waals surface area contributed by atoms with Gasteiger partial charge in [-0.25, -0.2) is 0 Å². The Morgan fingerprint density at radius 1 is 1.29 bits per heavy atom. The van der Waals surface area contributed by atoms with Crippen molar-refractivity contribution >= 4 is 23.2 Å². The summed E-state index contributed by atoms with van der Waals surface area (Å²) in [6.07, 6.45) is 2.88. The lowest BCUT2D eigenvalue weighted by atomic mass is 9.85. The third-order valence-corrected chi connectivity index (χ3v) is 5.31. The zero-order chi connectivity index (χ0) is 15.5. The number of thiophene rings is 1. The lowest BCUT2D eigenvalue weighted by Gasteiger charge is -2.47. The molecule has 1 saturated heterocycles. The van der Waals surface area contributed by atoms with Gasteiger partial charge in [0, 0.05) is 4.88 Å². The molecule has 1 unspecified atom stereocenters. The molecule has 0 spiro atoms. The number of hydrogen-bond donors (Lipinski definition) is 1. The molecule has 1 aromatic heterocycles. The minimum absolute atomic E-state index is 0.00195. The van der Waals surface area contributed by atoms with E-state index >= 15 is 0 Å². The maximum Gasteiger partial charge on any atom is 0.246 e. The van der Waals surface area contributed by atoms with E-state index in [-0.39, 0.29) is 17.9 Å². The average molecular weight is 308 g/mol. The van der Waals surface area contributed by atoms with Crippen LogP contribution < -0.4 is 5.32 Å². The van der Waals surface area contributed by atoms with E-state index in [0.29, 0.717) is 25.8 Å². The van der Waals surface area contributed by atoms with Gasteiger partial charge >= 0.3 is 0 Å². The van der Waals surface area contributed by atoms with Crippen molar-refractivity contribution < 1.29 is 9.59 Å². The van der Waals surface area contributed by atoms with E-state index in [2.05, 4.69) is 5.32 Å². The van der Waals surface area contributed by atoms with Crippen LogP contribution in [-0.2, 0) is 16.1 Å². The van der Waals surface area contributed by atoms with Gasteiger partial charge in [-0.15, -0.1) is 11.3 Å². The monoisotopic (exact) mass is 308 g/mol. The minimum Gasteiger partial charge on any atom is -0.342 e. The van der Waals surface area contributed by atoms with E-state index in [4.69, 9.17) is 0 Å². The first-order valence-corrected chi connectivity index (χ1v) is 8.61. The molecule has 1 fully saturated rings. The zero-order valence-electron chi connectivity index (χ0n) is 13.0. The molecule has 1 aliphatic heterocycles. The normalized spacial score (nSPS) is 21.5. The summed E-state index contributed by atoms with van der Waals surface area (Å²) in [5, 5.41) is 4.95. The van der Waals surface area contributed by atoms with Gasteiger partial charge in [-0.05, 0) is 30.7 Å². The number of hydrogen-bond acceptors (Lipinski definition) is 3. The van der Waals surface area contributed by atoms with E-state index in [9.17, 15) is 9.59 Å². The largest absolute Gasteiger partial charge is 0.342 e. The van der Waals surface area contributed by atoms with Crippen molar-refractivity contribution in [1.82, 2.24) is 10.2 Å². The average Bonchev–Trinajstić information content (AvgIpc) is 2.98. The van der Waals surface area contributed by atoms with Crippen LogP contribution in [0.5, 0.6) is 0 Å². The Balaban J connectivity index is 2.34. The Morgan fingerprint density at radius 2 is 2.00 bits per heavy atom. The quantitative estimate of drug-likeness (QED) is 0.878. The van der Waals surface area contributed by atoms with E-state index in [1.165, 1.54) is 0 Å². The molecule has 4 nitrogen and oxygen atoms in total. The number of rotatable bonds is 6. The SMILES string of the molecule is CCCC1NC(=O)C(CC)(CC)N(Cc2cccs2)C1=O. The molecule has 0 bridgehead atoms. The molecule has 1 aromatic rings. The Hall–Kier alpha value is -1.36. The van der Waals surface area contributed by atoms with E-state index in [1.807, 2.05) is 43.2 Å². The number of carbonyl (C=O) groups excluding carboxylic acids is 2. The lowest BCUT2D eigenvalue weighted by molar-refractivity contribution is -0.159. The molecule has 2 rings (SSSR count). The van der Waals surface area contributed by atoms with Gasteiger partial charge < -0.3 is 10.2 Å². The van der Waals surface area contributed by atoms with Gasteiger partial charge in [0.2, 0.25) is 11.8 Å². The zero-order valence-corrected chi connectivity index (χ0v) is 13.8. The Labute approximate surface area is 130 Å². The van der Waals surface area contributed by atoms with Crippen LogP contribution in [0.2, 0.25) is 0 Å². The highest BCUT2D eigenvalue weighted by Gasteiger charge is 2.49. The molecular formula is C16H24N2O2S. The van der Waals surface area contributed by atoms with Gasteiger partial charge in [-0.2, -0.15) is 0 Å². The van der Waals surface area contributed by atoms with Crippen molar-refractivity contribution in [3.05, 3.63) is 22.4 Å². The smallest absolute Gasteiger partial charge is 0.246 e. The highest BCUT2D eigenvalue weighted by atomic mass is 32.1. The summed E-state index contributed by atoms with van der Waals surface area (Å²) >= 11 is 1.63. The van der Waals surface area contributed by atoms with Crippen LogP contribution in [0.1, 0.15) is 51.3 Å². The van der Waals surface area contributed by atoms with Crippen LogP contribution in [0, 0.1) is 0 Å². The maximum atomic E-state index is 12.8. The molecule has 0 saturated carbocycles. The van der Waals surface area contributed by atoms with Crippen LogP contribution in [0.15, 0.2) is 17.5 Å². The molecule has 2 heterocycles. The van der Waals surface area contributed by atoms with Crippen molar-refractivity contribution in [3.63, 3.8) is 0 Å². The van der Waals surface area contributed by atoms with Crippen molar-refractivity contribution in [2.24, 2.45) is 0 Å². The fourth-order valence-corrected chi connectivity index (χ4v) is 3.79. The highest BCUT2D eigenvalue weighted by Crippen LogP contribution is 2.32. The van der Waals surface area contributed by atoms with Crippen LogP contribution in [0.4, 0.5) is 0 Å².